The molecule has 0 fully saturated rings. The first-order valence-electron chi connectivity index (χ1n) is 9.89. The van der Waals surface area contributed by atoms with Gasteiger partial charge in [0, 0.05) is 16.2 Å². The molecule has 5 rings (SSSR count). The van der Waals surface area contributed by atoms with E-state index in [1.54, 1.807) is 21.8 Å². The van der Waals surface area contributed by atoms with Gasteiger partial charge in [-0.05, 0) is 87.3 Å². The van der Waals surface area contributed by atoms with Crippen molar-refractivity contribution in [1.82, 2.24) is 0 Å². The molecule has 4 heterocycles. The van der Waals surface area contributed by atoms with Crippen LogP contribution in [0.4, 0.5) is 0 Å². The zero-order valence-electron chi connectivity index (χ0n) is 17.5. The average molecular weight is 370 g/mol. The van der Waals surface area contributed by atoms with Crippen molar-refractivity contribution in [2.75, 3.05) is 0 Å². The van der Waals surface area contributed by atoms with Crippen molar-refractivity contribution in [3.8, 4) is 0 Å². The van der Waals surface area contributed by atoms with E-state index in [4.69, 9.17) is 0 Å². The topological polar surface area (TPSA) is 0 Å². The standard InChI is InChI=1S/C23H32P2/c1-11-13(3)24-15(5)22(11,9)19-17(24)18-20(21(19,7)8)23(10)12(2)14(4)25(18)16(23)6/h15-16H,1-10H3/t15?,16?,22-,23-,24+,25+/m0/s1. The normalized spacial score (nSPS) is 49.2. The summed E-state index contributed by atoms with van der Waals surface area (Å²) in [5, 5.41) is 7.29. The maximum Gasteiger partial charge on any atom is 0.0185 e. The van der Waals surface area contributed by atoms with Gasteiger partial charge in [0.15, 0.2) is 0 Å². The summed E-state index contributed by atoms with van der Waals surface area (Å²) in [6.45, 7) is 25.2. The highest BCUT2D eigenvalue weighted by atomic mass is 31.1. The fourth-order valence-corrected chi connectivity index (χ4v) is 15.9. The summed E-state index contributed by atoms with van der Waals surface area (Å²) in [6.07, 6.45) is 0. The number of allylic oxidation sites excluding steroid dienone is 8. The Morgan fingerprint density at radius 3 is 1.28 bits per heavy atom. The van der Waals surface area contributed by atoms with Crippen molar-refractivity contribution < 1.29 is 0 Å². The predicted octanol–water partition coefficient (Wildman–Crippen LogP) is 7.93. The third-order valence-electron chi connectivity index (χ3n) is 9.28. The quantitative estimate of drug-likeness (QED) is 0.380. The van der Waals surface area contributed by atoms with Gasteiger partial charge in [-0.2, -0.15) is 0 Å². The lowest BCUT2D eigenvalue weighted by Gasteiger charge is -2.45. The monoisotopic (exact) mass is 370 g/mol. The van der Waals surface area contributed by atoms with Crippen LogP contribution in [0.5, 0.6) is 0 Å². The van der Waals surface area contributed by atoms with Crippen molar-refractivity contribution in [2.45, 2.75) is 80.6 Å². The fraction of sp³-hybridized carbons (Fsp3) is 0.652. The molecule has 25 heavy (non-hydrogen) atoms. The number of hydrogen-bond donors (Lipinski definition) is 0. The molecule has 0 nitrogen and oxygen atoms in total. The van der Waals surface area contributed by atoms with E-state index >= 15 is 0 Å². The van der Waals surface area contributed by atoms with Crippen LogP contribution < -0.4 is 0 Å². The van der Waals surface area contributed by atoms with Gasteiger partial charge in [0.1, 0.15) is 0 Å². The Hall–Kier alpha value is -0.180. The van der Waals surface area contributed by atoms with Crippen LogP contribution in [-0.2, 0) is 0 Å². The van der Waals surface area contributed by atoms with Crippen molar-refractivity contribution in [3.05, 3.63) is 43.5 Å². The zero-order valence-corrected chi connectivity index (χ0v) is 19.3. The van der Waals surface area contributed by atoms with Gasteiger partial charge in [0.05, 0.1) is 0 Å². The second-order valence-electron chi connectivity index (χ2n) is 9.99. The van der Waals surface area contributed by atoms with Crippen LogP contribution in [-0.4, -0.2) is 11.3 Å². The molecule has 0 aromatic carbocycles. The summed E-state index contributed by atoms with van der Waals surface area (Å²) in [4.78, 5) is 0. The second kappa shape index (κ2) is 4.28. The fourth-order valence-electron chi connectivity index (χ4n) is 7.57. The molecule has 0 radical (unpaired) electrons. The van der Waals surface area contributed by atoms with Gasteiger partial charge in [-0.1, -0.05) is 52.7 Å². The highest BCUT2D eigenvalue weighted by Crippen LogP contribution is 2.92. The third-order valence-corrected chi connectivity index (χ3v) is 16.0. The number of hydrogen-bond acceptors (Lipinski definition) is 0. The van der Waals surface area contributed by atoms with Gasteiger partial charge in [-0.15, -0.1) is 0 Å². The molecular formula is C23H32P2. The molecule has 0 saturated carbocycles. The van der Waals surface area contributed by atoms with Gasteiger partial charge < -0.3 is 0 Å². The van der Waals surface area contributed by atoms with Crippen LogP contribution in [0.1, 0.15) is 69.2 Å². The lowest BCUT2D eigenvalue weighted by atomic mass is 9.58. The first kappa shape index (κ1) is 17.0. The lowest BCUT2D eigenvalue weighted by Crippen LogP contribution is -2.38. The minimum atomic E-state index is -0.101. The van der Waals surface area contributed by atoms with Crippen LogP contribution in [0.15, 0.2) is 43.5 Å². The minimum absolute atomic E-state index is 0.101. The van der Waals surface area contributed by atoms with E-state index in [2.05, 4.69) is 69.2 Å². The van der Waals surface area contributed by atoms with Gasteiger partial charge in [0.25, 0.3) is 0 Å². The molecule has 0 aromatic rings. The van der Waals surface area contributed by atoms with E-state index in [0.717, 1.165) is 11.3 Å². The Balaban J connectivity index is 1.82. The zero-order chi connectivity index (χ0) is 18.4. The molecule has 2 unspecified atom stereocenters. The van der Waals surface area contributed by atoms with Crippen LogP contribution in [0, 0.1) is 16.2 Å². The van der Waals surface area contributed by atoms with E-state index in [1.807, 2.05) is 21.8 Å². The highest BCUT2D eigenvalue weighted by Gasteiger charge is 2.70. The summed E-state index contributed by atoms with van der Waals surface area (Å²) in [5.74, 6) is 0. The Morgan fingerprint density at radius 1 is 0.640 bits per heavy atom. The lowest BCUT2D eigenvalue weighted by molar-refractivity contribution is 0.328. The molecule has 6 atom stereocenters. The average Bonchev–Trinajstić information content (AvgIpc) is 3.12. The predicted molar refractivity (Wildman–Crippen MR) is 114 cm³/mol. The summed E-state index contributed by atoms with van der Waals surface area (Å²) >= 11 is 0. The van der Waals surface area contributed by atoms with E-state index in [-0.39, 0.29) is 21.3 Å². The van der Waals surface area contributed by atoms with Crippen LogP contribution in [0.3, 0.4) is 0 Å². The molecular weight excluding hydrogens is 338 g/mol. The number of fused-ring (bicyclic) bond motifs is 9. The molecule has 4 aliphatic heterocycles. The minimum Gasteiger partial charge on any atom is -0.0589 e. The first-order valence-corrected chi connectivity index (χ1v) is 12.7. The molecule has 0 N–H and O–H groups in total. The summed E-state index contributed by atoms with van der Waals surface area (Å²) in [7, 11) is -0.203. The number of rotatable bonds is 0. The molecule has 0 spiro atoms. The Bertz CT molecular complexity index is 821. The second-order valence-corrected chi connectivity index (χ2v) is 15.3. The molecule has 0 aromatic heterocycles. The Labute approximate surface area is 156 Å². The summed E-state index contributed by atoms with van der Waals surface area (Å²) in [6, 6.07) is 0. The van der Waals surface area contributed by atoms with Crippen LogP contribution in [0.25, 0.3) is 0 Å². The van der Waals surface area contributed by atoms with E-state index < -0.39 is 0 Å². The smallest absolute Gasteiger partial charge is 0.0185 e. The molecule has 2 heteroatoms. The summed E-state index contributed by atoms with van der Waals surface area (Å²) in [5.41, 5.74) is 9.60. The molecule has 5 aliphatic rings. The van der Waals surface area contributed by atoms with Crippen molar-refractivity contribution >= 4 is 15.8 Å². The van der Waals surface area contributed by atoms with Gasteiger partial charge in [0.2, 0.25) is 0 Å². The van der Waals surface area contributed by atoms with Crippen molar-refractivity contribution in [1.29, 1.82) is 0 Å². The maximum absolute atomic E-state index is 2.58. The third kappa shape index (κ3) is 1.35. The van der Waals surface area contributed by atoms with Crippen LogP contribution in [0.2, 0.25) is 0 Å². The SMILES string of the molecule is CC1=C(C)[C@]2(C)C3=C(C4=C(C3(C)C)[C@@]3(C)C(C)=C(C)[P@]4C3C)[P@@]1C2C. The molecule has 1 aliphatic carbocycles. The Morgan fingerprint density at radius 2 is 0.960 bits per heavy atom. The van der Waals surface area contributed by atoms with E-state index in [9.17, 15) is 0 Å². The molecule has 4 bridgehead atoms. The van der Waals surface area contributed by atoms with Crippen molar-refractivity contribution in [3.63, 3.8) is 0 Å². The Kier molecular flexibility index (Phi) is 2.90. The van der Waals surface area contributed by atoms with Crippen molar-refractivity contribution in [2.24, 2.45) is 16.2 Å². The van der Waals surface area contributed by atoms with Gasteiger partial charge >= 0.3 is 0 Å². The largest absolute Gasteiger partial charge is 0.0589 e. The van der Waals surface area contributed by atoms with Gasteiger partial charge in [-0.3, -0.25) is 0 Å². The van der Waals surface area contributed by atoms with Crippen LogP contribution >= 0.6 is 15.8 Å². The van der Waals surface area contributed by atoms with E-state index in [1.165, 1.54) is 0 Å². The first-order chi connectivity index (χ1) is 11.4. The highest BCUT2D eigenvalue weighted by molar-refractivity contribution is 7.74. The van der Waals surface area contributed by atoms with Gasteiger partial charge in [-0.25, -0.2) is 0 Å². The summed E-state index contributed by atoms with van der Waals surface area (Å²) < 4.78 is 0. The van der Waals surface area contributed by atoms with E-state index in [0.29, 0.717) is 10.8 Å². The molecule has 134 valence electrons. The molecule has 0 amide bonds. The molecule has 0 saturated heterocycles. The maximum atomic E-state index is 2.58.